The number of hydrogen-bond acceptors (Lipinski definition) is 4. The smallest absolute Gasteiger partial charge is 0.233 e. The molecule has 1 aliphatic rings. The molecule has 0 spiro atoms. The van der Waals surface area contributed by atoms with Gasteiger partial charge in [-0.15, -0.1) is 0 Å². The van der Waals surface area contributed by atoms with E-state index in [0.717, 1.165) is 5.75 Å². The average Bonchev–Trinajstić information content (AvgIpc) is 2.67. The fourth-order valence-corrected chi connectivity index (χ4v) is 3.07. The van der Waals surface area contributed by atoms with Crippen molar-refractivity contribution in [3.63, 3.8) is 0 Å². The summed E-state index contributed by atoms with van der Waals surface area (Å²) in [6.45, 7) is 10.9. The van der Waals surface area contributed by atoms with E-state index in [1.807, 2.05) is 20.8 Å². The Bertz CT molecular complexity index is 430. The molecular weight excluding hydrogens is 300 g/mol. The molecule has 5 nitrogen and oxygen atoms in total. The second-order valence-corrected chi connectivity index (χ2v) is 8.71. The zero-order chi connectivity index (χ0) is 16.9. The van der Waals surface area contributed by atoms with Crippen LogP contribution < -0.4 is 5.32 Å². The van der Waals surface area contributed by atoms with Crippen molar-refractivity contribution in [1.29, 1.82) is 0 Å². The summed E-state index contributed by atoms with van der Waals surface area (Å²) < 4.78 is 0. The van der Waals surface area contributed by atoms with Crippen LogP contribution in [0.3, 0.4) is 0 Å². The zero-order valence-corrected chi connectivity index (χ0v) is 15.1. The first-order valence-corrected chi connectivity index (χ1v) is 8.90. The summed E-state index contributed by atoms with van der Waals surface area (Å²) in [5, 5.41) is 3.37. The molecule has 0 aromatic rings. The van der Waals surface area contributed by atoms with Crippen LogP contribution in [0.2, 0.25) is 0 Å². The Morgan fingerprint density at radius 3 is 2.50 bits per heavy atom. The van der Waals surface area contributed by atoms with Crippen molar-refractivity contribution in [2.24, 2.45) is 11.3 Å². The Labute approximate surface area is 137 Å². The second kappa shape index (κ2) is 7.99. The lowest BCUT2D eigenvalue weighted by Gasteiger charge is -2.24. The van der Waals surface area contributed by atoms with Gasteiger partial charge in [0.2, 0.25) is 17.7 Å². The van der Waals surface area contributed by atoms with Crippen LogP contribution in [-0.2, 0) is 14.4 Å². The predicted molar refractivity (Wildman–Crippen MR) is 89.5 cm³/mol. The largest absolute Gasteiger partial charge is 0.355 e. The minimum Gasteiger partial charge on any atom is -0.355 e. The molecule has 0 aromatic heterocycles. The fraction of sp³-hybridized carbons (Fsp3) is 0.812. The van der Waals surface area contributed by atoms with Crippen LogP contribution in [0, 0.1) is 11.3 Å². The maximum atomic E-state index is 12.3. The minimum atomic E-state index is -0.273. The Kier molecular flexibility index (Phi) is 6.91. The lowest BCUT2D eigenvalue weighted by atomic mass is 9.80. The maximum absolute atomic E-state index is 12.3. The molecule has 1 saturated heterocycles. The summed E-state index contributed by atoms with van der Waals surface area (Å²) in [6.07, 6.45) is 0.440. The normalized spacial score (nSPS) is 19.2. The van der Waals surface area contributed by atoms with Gasteiger partial charge in [-0.1, -0.05) is 34.6 Å². The molecule has 0 radical (unpaired) electrons. The summed E-state index contributed by atoms with van der Waals surface area (Å²) >= 11 is 1.79. The van der Waals surface area contributed by atoms with E-state index in [0.29, 0.717) is 11.8 Å². The zero-order valence-electron chi connectivity index (χ0n) is 14.3. The highest BCUT2D eigenvalue weighted by Gasteiger charge is 2.44. The molecule has 6 heteroatoms. The van der Waals surface area contributed by atoms with E-state index in [1.165, 1.54) is 4.90 Å². The molecule has 1 atom stereocenters. The summed E-state index contributed by atoms with van der Waals surface area (Å²) in [7, 11) is 0. The molecule has 3 amide bonds. The van der Waals surface area contributed by atoms with E-state index in [1.54, 1.807) is 11.8 Å². The molecule has 1 unspecified atom stereocenters. The van der Waals surface area contributed by atoms with Crippen LogP contribution >= 0.6 is 11.8 Å². The van der Waals surface area contributed by atoms with Gasteiger partial charge in [-0.3, -0.25) is 19.3 Å². The van der Waals surface area contributed by atoms with E-state index in [2.05, 4.69) is 19.2 Å². The fourth-order valence-electron chi connectivity index (χ4n) is 2.38. The molecular formula is C16H28N2O3S. The van der Waals surface area contributed by atoms with Crippen molar-refractivity contribution in [3.8, 4) is 0 Å². The Morgan fingerprint density at radius 2 is 2.00 bits per heavy atom. The summed E-state index contributed by atoms with van der Waals surface area (Å²) in [5.41, 5.74) is -0.224. The van der Waals surface area contributed by atoms with Crippen molar-refractivity contribution in [3.05, 3.63) is 0 Å². The molecule has 126 valence electrons. The number of nitrogens with zero attached hydrogens (tertiary/aromatic N) is 1. The van der Waals surface area contributed by atoms with Crippen molar-refractivity contribution < 1.29 is 14.4 Å². The van der Waals surface area contributed by atoms with Crippen LogP contribution in [0.5, 0.6) is 0 Å². The SMILES string of the molecule is CC(C)SCCNC(=O)CCN1C(=O)CC(C(C)(C)C)C1=O. The predicted octanol–water partition coefficient (Wildman–Crippen LogP) is 2.06. The van der Waals surface area contributed by atoms with Gasteiger partial charge in [0.05, 0.1) is 5.92 Å². The van der Waals surface area contributed by atoms with Crippen LogP contribution in [0.1, 0.15) is 47.5 Å². The molecule has 1 fully saturated rings. The highest BCUT2D eigenvalue weighted by molar-refractivity contribution is 7.99. The molecule has 22 heavy (non-hydrogen) atoms. The lowest BCUT2D eigenvalue weighted by Crippen LogP contribution is -2.37. The molecule has 1 aliphatic heterocycles. The summed E-state index contributed by atoms with van der Waals surface area (Å²) in [5.74, 6) is 0.195. The average molecular weight is 328 g/mol. The number of nitrogens with one attached hydrogen (secondary N) is 1. The number of rotatable bonds is 7. The minimum absolute atomic E-state index is 0.107. The molecule has 0 bridgehead atoms. The van der Waals surface area contributed by atoms with E-state index < -0.39 is 0 Å². The number of imide groups is 1. The number of hydrogen-bond donors (Lipinski definition) is 1. The highest BCUT2D eigenvalue weighted by Crippen LogP contribution is 2.35. The molecule has 1 N–H and O–H groups in total. The van der Waals surface area contributed by atoms with E-state index in [4.69, 9.17) is 0 Å². The van der Waals surface area contributed by atoms with Crippen LogP contribution in [0.15, 0.2) is 0 Å². The van der Waals surface area contributed by atoms with Gasteiger partial charge >= 0.3 is 0 Å². The van der Waals surface area contributed by atoms with Crippen molar-refractivity contribution in [1.82, 2.24) is 10.2 Å². The van der Waals surface area contributed by atoms with Crippen molar-refractivity contribution >= 4 is 29.5 Å². The van der Waals surface area contributed by atoms with Crippen molar-refractivity contribution in [2.75, 3.05) is 18.8 Å². The van der Waals surface area contributed by atoms with Gasteiger partial charge in [0.1, 0.15) is 0 Å². The third-order valence-corrected chi connectivity index (χ3v) is 4.83. The van der Waals surface area contributed by atoms with Gasteiger partial charge in [0.15, 0.2) is 0 Å². The van der Waals surface area contributed by atoms with Crippen LogP contribution in [0.25, 0.3) is 0 Å². The molecule has 1 heterocycles. The van der Waals surface area contributed by atoms with Gasteiger partial charge < -0.3 is 5.32 Å². The van der Waals surface area contributed by atoms with Crippen molar-refractivity contribution in [2.45, 2.75) is 52.7 Å². The van der Waals surface area contributed by atoms with Gasteiger partial charge in [-0.25, -0.2) is 0 Å². The summed E-state index contributed by atoms with van der Waals surface area (Å²) in [4.78, 5) is 37.3. The quantitative estimate of drug-likeness (QED) is 0.574. The lowest BCUT2D eigenvalue weighted by molar-refractivity contribution is -0.140. The molecule has 0 aliphatic carbocycles. The first kappa shape index (κ1) is 19.0. The van der Waals surface area contributed by atoms with Crippen LogP contribution in [0.4, 0.5) is 0 Å². The molecule has 0 aromatic carbocycles. The summed E-state index contributed by atoms with van der Waals surface area (Å²) in [6, 6.07) is 0. The highest BCUT2D eigenvalue weighted by atomic mass is 32.2. The van der Waals surface area contributed by atoms with E-state index in [-0.39, 0.29) is 48.4 Å². The van der Waals surface area contributed by atoms with Gasteiger partial charge in [0.25, 0.3) is 0 Å². The third-order valence-electron chi connectivity index (χ3n) is 3.73. The maximum Gasteiger partial charge on any atom is 0.233 e. The monoisotopic (exact) mass is 328 g/mol. The van der Waals surface area contributed by atoms with E-state index >= 15 is 0 Å². The first-order chi connectivity index (χ1) is 10.1. The Balaban J connectivity index is 2.37. The number of carbonyl (C=O) groups is 3. The Morgan fingerprint density at radius 1 is 1.36 bits per heavy atom. The van der Waals surface area contributed by atoms with Gasteiger partial charge in [-0.05, 0) is 10.7 Å². The topological polar surface area (TPSA) is 66.5 Å². The number of likely N-dealkylation sites (tertiary alicyclic amines) is 1. The van der Waals surface area contributed by atoms with Gasteiger partial charge in [0, 0.05) is 31.7 Å². The van der Waals surface area contributed by atoms with Gasteiger partial charge in [-0.2, -0.15) is 11.8 Å². The van der Waals surface area contributed by atoms with Crippen LogP contribution in [-0.4, -0.2) is 46.7 Å². The second-order valence-electron chi connectivity index (χ2n) is 7.03. The number of amides is 3. The third kappa shape index (κ3) is 5.63. The number of carbonyl (C=O) groups excluding carboxylic acids is 3. The first-order valence-electron chi connectivity index (χ1n) is 7.85. The molecule has 1 rings (SSSR count). The standard InChI is InChI=1S/C16H28N2O3S/c1-11(2)22-9-7-17-13(19)6-8-18-14(20)10-12(15(18)21)16(3,4)5/h11-12H,6-10H2,1-5H3,(H,17,19). The van der Waals surface area contributed by atoms with E-state index in [9.17, 15) is 14.4 Å². The Hall–Kier alpha value is -1.04. The number of thioether (sulfide) groups is 1. The molecule has 0 saturated carbocycles.